The van der Waals surface area contributed by atoms with Gasteiger partial charge < -0.3 is 29.6 Å². The fourth-order valence-corrected chi connectivity index (χ4v) is 5.70. The number of rotatable bonds is 11. The van der Waals surface area contributed by atoms with Gasteiger partial charge >= 0.3 is 5.97 Å². The van der Waals surface area contributed by atoms with Gasteiger partial charge in [-0.05, 0) is 58.4 Å². The van der Waals surface area contributed by atoms with Gasteiger partial charge in [0.2, 0.25) is 0 Å². The number of hydrogen-bond donors (Lipinski definition) is 2. The third-order valence-corrected chi connectivity index (χ3v) is 8.31. The standard InChI is InChI=1S/C37H43N5O5/c1-24(43)47-23-31-29(8-7-9-33(31)42-16-14-26-18-28(37(2,3)4)11-12-30(26)35(42)44)27-19-32(36(45)41(5)22-27)40-34-13-10-25(21-39-34)20-38-15-17-46-6/h7-13,18-19,21-22,38H,14-17,20,23H2,1-6H3,(H,39,40). The molecule has 246 valence electrons. The van der Waals surface area contributed by atoms with E-state index in [1.54, 1.807) is 37.5 Å². The van der Waals surface area contributed by atoms with E-state index in [1.807, 2.05) is 42.5 Å². The highest BCUT2D eigenvalue weighted by Crippen LogP contribution is 2.36. The van der Waals surface area contributed by atoms with E-state index < -0.39 is 5.97 Å². The zero-order valence-corrected chi connectivity index (χ0v) is 28.0. The van der Waals surface area contributed by atoms with E-state index in [2.05, 4.69) is 42.5 Å². The van der Waals surface area contributed by atoms with Crippen LogP contribution in [0, 0.1) is 0 Å². The van der Waals surface area contributed by atoms with Crippen LogP contribution in [0.25, 0.3) is 11.1 Å². The van der Waals surface area contributed by atoms with E-state index in [4.69, 9.17) is 9.47 Å². The maximum Gasteiger partial charge on any atom is 0.302 e. The van der Waals surface area contributed by atoms with E-state index in [0.717, 1.165) is 28.8 Å². The number of fused-ring (bicyclic) bond motifs is 1. The number of pyridine rings is 2. The minimum atomic E-state index is -0.429. The van der Waals surface area contributed by atoms with Crippen LogP contribution in [0.2, 0.25) is 0 Å². The molecule has 1 aliphatic heterocycles. The summed E-state index contributed by atoms with van der Waals surface area (Å²) in [4.78, 5) is 45.4. The summed E-state index contributed by atoms with van der Waals surface area (Å²) in [6, 6.07) is 17.3. The van der Waals surface area contributed by atoms with Crippen molar-refractivity contribution in [3.63, 3.8) is 0 Å². The van der Waals surface area contributed by atoms with Gasteiger partial charge in [-0.2, -0.15) is 0 Å². The van der Waals surface area contributed by atoms with Gasteiger partial charge in [0.25, 0.3) is 11.5 Å². The first-order valence-electron chi connectivity index (χ1n) is 15.8. The molecule has 2 aromatic heterocycles. The van der Waals surface area contributed by atoms with Gasteiger partial charge in [0.05, 0.1) is 12.3 Å². The van der Waals surface area contributed by atoms with Gasteiger partial charge in [0, 0.05) is 69.8 Å². The molecule has 3 heterocycles. The Morgan fingerprint density at radius 1 is 1.04 bits per heavy atom. The second kappa shape index (κ2) is 14.3. The number of aryl methyl sites for hydroxylation is 1. The van der Waals surface area contributed by atoms with Crippen molar-refractivity contribution in [2.75, 3.05) is 37.0 Å². The zero-order valence-electron chi connectivity index (χ0n) is 28.0. The average Bonchev–Trinajstić information content (AvgIpc) is 3.04. The van der Waals surface area contributed by atoms with Crippen molar-refractivity contribution in [2.45, 2.75) is 52.7 Å². The Kier molecular flexibility index (Phi) is 10.2. The van der Waals surface area contributed by atoms with Gasteiger partial charge in [0.1, 0.15) is 18.1 Å². The van der Waals surface area contributed by atoms with Gasteiger partial charge in [-0.1, -0.05) is 51.1 Å². The zero-order chi connectivity index (χ0) is 33.7. The summed E-state index contributed by atoms with van der Waals surface area (Å²) in [6.07, 6.45) is 4.20. The fourth-order valence-electron chi connectivity index (χ4n) is 5.70. The lowest BCUT2D eigenvalue weighted by Gasteiger charge is -2.32. The van der Waals surface area contributed by atoms with Crippen LogP contribution in [0.3, 0.4) is 0 Å². The second-order valence-electron chi connectivity index (χ2n) is 12.8. The third-order valence-electron chi connectivity index (χ3n) is 8.31. The number of anilines is 3. The van der Waals surface area contributed by atoms with Gasteiger partial charge in [0.15, 0.2) is 0 Å². The fraction of sp³-hybridized carbons (Fsp3) is 0.351. The number of methoxy groups -OCH3 is 1. The topological polar surface area (TPSA) is 115 Å². The number of carbonyl (C=O) groups excluding carboxylic acids is 2. The second-order valence-corrected chi connectivity index (χ2v) is 12.8. The third kappa shape index (κ3) is 7.78. The number of ether oxygens (including phenoxy) is 2. The monoisotopic (exact) mass is 637 g/mol. The van der Waals surface area contributed by atoms with Crippen LogP contribution >= 0.6 is 0 Å². The van der Waals surface area contributed by atoms with E-state index in [0.29, 0.717) is 54.4 Å². The SMILES string of the molecule is COCCNCc1ccc(Nc2cc(-c3cccc(N4CCc5cc(C(C)(C)C)ccc5C4=O)c3COC(C)=O)cn(C)c2=O)nc1. The lowest BCUT2D eigenvalue weighted by molar-refractivity contribution is -0.142. The molecule has 1 aliphatic rings. The summed E-state index contributed by atoms with van der Waals surface area (Å²) in [5.74, 6) is 0.00200. The summed E-state index contributed by atoms with van der Waals surface area (Å²) in [7, 11) is 3.35. The Bertz CT molecular complexity index is 1820. The van der Waals surface area contributed by atoms with Crippen LogP contribution in [0.5, 0.6) is 0 Å². The summed E-state index contributed by atoms with van der Waals surface area (Å²) < 4.78 is 12.1. The van der Waals surface area contributed by atoms with Crippen LogP contribution in [0.15, 0.2) is 71.8 Å². The lowest BCUT2D eigenvalue weighted by atomic mass is 9.84. The molecule has 0 saturated carbocycles. The maximum atomic E-state index is 13.9. The van der Waals surface area contributed by atoms with Crippen molar-refractivity contribution >= 4 is 29.1 Å². The quantitative estimate of drug-likeness (QED) is 0.164. The molecule has 2 N–H and O–H groups in total. The first-order chi connectivity index (χ1) is 22.5. The van der Waals surface area contributed by atoms with Gasteiger partial charge in [-0.25, -0.2) is 4.98 Å². The number of nitrogens with one attached hydrogen (secondary N) is 2. The summed E-state index contributed by atoms with van der Waals surface area (Å²) in [5.41, 5.74) is 6.80. The molecule has 47 heavy (non-hydrogen) atoms. The molecule has 0 radical (unpaired) electrons. The summed E-state index contributed by atoms with van der Waals surface area (Å²) in [6.45, 7) is 10.3. The largest absolute Gasteiger partial charge is 0.461 e. The molecule has 0 saturated heterocycles. The molecule has 10 nitrogen and oxygen atoms in total. The molecular formula is C37H43N5O5. The number of amides is 1. The Labute approximate surface area is 275 Å². The molecule has 0 bridgehead atoms. The highest BCUT2D eigenvalue weighted by atomic mass is 16.5. The minimum absolute atomic E-state index is 0.0225. The van der Waals surface area contributed by atoms with Crippen molar-refractivity contribution in [3.8, 4) is 11.1 Å². The highest BCUT2D eigenvalue weighted by Gasteiger charge is 2.29. The summed E-state index contributed by atoms with van der Waals surface area (Å²) in [5, 5.41) is 6.46. The number of benzene rings is 2. The van der Waals surface area contributed by atoms with Crippen molar-refractivity contribution in [2.24, 2.45) is 7.05 Å². The molecule has 4 aromatic rings. The predicted molar refractivity (Wildman–Crippen MR) is 184 cm³/mol. The first-order valence-corrected chi connectivity index (χ1v) is 15.8. The Hall–Kier alpha value is -4.80. The number of carbonyl (C=O) groups is 2. The summed E-state index contributed by atoms with van der Waals surface area (Å²) >= 11 is 0. The van der Waals surface area contributed by atoms with E-state index in [-0.39, 0.29) is 23.5 Å². The number of esters is 1. The Morgan fingerprint density at radius 3 is 2.55 bits per heavy atom. The van der Waals surface area contributed by atoms with Gasteiger partial charge in [-0.15, -0.1) is 0 Å². The Balaban J connectivity index is 1.48. The lowest BCUT2D eigenvalue weighted by Crippen LogP contribution is -2.38. The Morgan fingerprint density at radius 2 is 1.85 bits per heavy atom. The maximum absolute atomic E-state index is 13.9. The molecular weight excluding hydrogens is 594 g/mol. The first kappa shape index (κ1) is 33.6. The van der Waals surface area contributed by atoms with Crippen molar-refractivity contribution in [1.82, 2.24) is 14.9 Å². The van der Waals surface area contributed by atoms with E-state index >= 15 is 0 Å². The molecule has 5 rings (SSSR count). The number of aromatic nitrogens is 2. The molecule has 10 heteroatoms. The van der Waals surface area contributed by atoms with Gasteiger partial charge in [-0.3, -0.25) is 14.4 Å². The predicted octanol–water partition coefficient (Wildman–Crippen LogP) is 5.49. The smallest absolute Gasteiger partial charge is 0.302 e. The average molecular weight is 638 g/mol. The van der Waals surface area contributed by atoms with E-state index in [1.165, 1.54) is 17.1 Å². The highest BCUT2D eigenvalue weighted by molar-refractivity contribution is 6.09. The number of hydrogen-bond acceptors (Lipinski definition) is 8. The van der Waals surface area contributed by atoms with Crippen LogP contribution < -0.4 is 21.1 Å². The van der Waals surface area contributed by atoms with Crippen LogP contribution in [0.4, 0.5) is 17.2 Å². The van der Waals surface area contributed by atoms with Crippen LogP contribution in [-0.4, -0.2) is 48.2 Å². The number of nitrogens with zero attached hydrogens (tertiary/aromatic N) is 3. The molecule has 0 spiro atoms. The minimum Gasteiger partial charge on any atom is -0.461 e. The normalized spacial score (nSPS) is 13.0. The van der Waals surface area contributed by atoms with Crippen LogP contribution in [0.1, 0.15) is 60.3 Å². The van der Waals surface area contributed by atoms with E-state index in [9.17, 15) is 14.4 Å². The van der Waals surface area contributed by atoms with Crippen molar-refractivity contribution < 1.29 is 19.1 Å². The molecule has 0 aliphatic carbocycles. The van der Waals surface area contributed by atoms with Crippen molar-refractivity contribution in [1.29, 1.82) is 0 Å². The molecule has 0 fully saturated rings. The molecule has 1 amide bonds. The van der Waals surface area contributed by atoms with Crippen molar-refractivity contribution in [3.05, 3.63) is 105 Å². The molecule has 0 unspecified atom stereocenters. The van der Waals surface area contributed by atoms with Crippen LogP contribution in [-0.2, 0) is 46.3 Å². The molecule has 0 atom stereocenters. The molecule has 2 aromatic carbocycles.